The van der Waals surface area contributed by atoms with Gasteiger partial charge in [0.05, 0.1) is 5.25 Å². The van der Waals surface area contributed by atoms with Crippen molar-refractivity contribution in [1.82, 2.24) is 10.1 Å². The molecular weight excluding hydrogens is 232 g/mol. The van der Waals surface area contributed by atoms with Crippen LogP contribution in [0.25, 0.3) is 0 Å². The molecule has 1 aliphatic rings. The second-order valence-electron chi connectivity index (χ2n) is 3.53. The molecule has 15 heavy (non-hydrogen) atoms. The van der Waals surface area contributed by atoms with Gasteiger partial charge in [0.15, 0.2) is 5.82 Å². The maximum Gasteiger partial charge on any atom is 0.255 e. The van der Waals surface area contributed by atoms with Crippen LogP contribution >= 0.6 is 23.5 Å². The van der Waals surface area contributed by atoms with Gasteiger partial charge in [-0.1, -0.05) is 12.1 Å². The summed E-state index contributed by atoms with van der Waals surface area (Å²) in [7, 11) is 0. The fourth-order valence-electron chi connectivity index (χ4n) is 1.45. The van der Waals surface area contributed by atoms with Crippen LogP contribution in [0.1, 0.15) is 36.9 Å². The minimum Gasteiger partial charge on any atom is -0.384 e. The lowest BCUT2D eigenvalue weighted by Gasteiger charge is -2.24. The summed E-state index contributed by atoms with van der Waals surface area (Å²) in [5.41, 5.74) is 0. The molecule has 1 fully saturated rings. The number of aliphatic hydroxyl groups is 1. The van der Waals surface area contributed by atoms with E-state index in [-0.39, 0.29) is 0 Å². The third-order valence-electron chi connectivity index (χ3n) is 2.26. The summed E-state index contributed by atoms with van der Waals surface area (Å²) >= 11 is 3.80. The highest BCUT2D eigenvalue weighted by molar-refractivity contribution is 8.06. The molecular formula is C9H14N2O2S2. The molecule has 0 spiro atoms. The van der Waals surface area contributed by atoms with Crippen molar-refractivity contribution in [1.29, 1.82) is 0 Å². The normalized spacial score (nSPS) is 29.0. The molecule has 0 bridgehead atoms. The largest absolute Gasteiger partial charge is 0.384 e. The van der Waals surface area contributed by atoms with Crippen LogP contribution < -0.4 is 0 Å². The Labute approximate surface area is 97.2 Å². The molecule has 0 amide bonds. The summed E-state index contributed by atoms with van der Waals surface area (Å²) in [6, 6.07) is 0. The van der Waals surface area contributed by atoms with Gasteiger partial charge in [0.1, 0.15) is 6.10 Å². The number of aliphatic hydroxyl groups excluding tert-OH is 1. The third-order valence-corrected chi connectivity index (χ3v) is 5.34. The van der Waals surface area contributed by atoms with Gasteiger partial charge in [-0.25, -0.2) is 0 Å². The van der Waals surface area contributed by atoms with Crippen molar-refractivity contribution in [3.05, 3.63) is 11.7 Å². The number of hydrogen-bond donors (Lipinski definition) is 1. The van der Waals surface area contributed by atoms with Crippen molar-refractivity contribution in [3.63, 3.8) is 0 Å². The highest BCUT2D eigenvalue weighted by atomic mass is 32.2. The van der Waals surface area contributed by atoms with Crippen LogP contribution in [0.3, 0.4) is 0 Å². The van der Waals surface area contributed by atoms with Crippen LogP contribution in [0.4, 0.5) is 0 Å². The van der Waals surface area contributed by atoms with Crippen molar-refractivity contribution in [3.8, 4) is 0 Å². The first-order valence-corrected chi connectivity index (χ1v) is 7.03. The predicted octanol–water partition coefficient (Wildman–Crippen LogP) is 2.03. The second kappa shape index (κ2) is 4.76. The van der Waals surface area contributed by atoms with Crippen LogP contribution in [0, 0.1) is 0 Å². The smallest absolute Gasteiger partial charge is 0.255 e. The molecule has 0 radical (unpaired) electrons. The molecule has 4 nitrogen and oxygen atoms in total. The molecule has 1 N–H and O–H groups in total. The van der Waals surface area contributed by atoms with Gasteiger partial charge >= 0.3 is 0 Å². The summed E-state index contributed by atoms with van der Waals surface area (Å²) in [4.78, 5) is 4.22. The summed E-state index contributed by atoms with van der Waals surface area (Å²) in [6.07, 6.45) is -0.678. The first kappa shape index (κ1) is 11.3. The van der Waals surface area contributed by atoms with E-state index in [4.69, 9.17) is 4.52 Å². The van der Waals surface area contributed by atoms with Crippen molar-refractivity contribution in [2.75, 3.05) is 11.5 Å². The summed E-state index contributed by atoms with van der Waals surface area (Å²) in [5, 5.41) is 14.0. The second-order valence-corrected chi connectivity index (χ2v) is 6.27. The molecule has 2 rings (SSSR count). The predicted molar refractivity (Wildman–Crippen MR) is 62.1 cm³/mol. The molecule has 3 atom stereocenters. The lowest BCUT2D eigenvalue weighted by molar-refractivity contribution is 0.151. The van der Waals surface area contributed by atoms with E-state index in [0.29, 0.717) is 16.4 Å². The fraction of sp³-hybridized carbons (Fsp3) is 0.778. The summed E-state index contributed by atoms with van der Waals surface area (Å²) in [6.45, 7) is 3.81. The van der Waals surface area contributed by atoms with E-state index < -0.39 is 6.10 Å². The average Bonchev–Trinajstić information content (AvgIpc) is 2.67. The van der Waals surface area contributed by atoms with E-state index in [1.165, 1.54) is 5.75 Å². The van der Waals surface area contributed by atoms with E-state index in [0.717, 1.165) is 11.6 Å². The lowest BCUT2D eigenvalue weighted by Crippen LogP contribution is -2.16. The monoisotopic (exact) mass is 246 g/mol. The Kier molecular flexibility index (Phi) is 3.58. The van der Waals surface area contributed by atoms with E-state index in [1.807, 2.05) is 23.5 Å². The Morgan fingerprint density at radius 1 is 1.47 bits per heavy atom. The molecule has 2 heterocycles. The average molecular weight is 246 g/mol. The highest BCUT2D eigenvalue weighted by Crippen LogP contribution is 2.41. The van der Waals surface area contributed by atoms with E-state index in [9.17, 15) is 5.11 Å². The van der Waals surface area contributed by atoms with Gasteiger partial charge in [0, 0.05) is 16.8 Å². The molecule has 1 aromatic rings. The Balaban J connectivity index is 2.13. The quantitative estimate of drug-likeness (QED) is 0.861. The van der Waals surface area contributed by atoms with Crippen LogP contribution in [0.5, 0.6) is 0 Å². The first-order valence-electron chi connectivity index (χ1n) is 4.93. The zero-order chi connectivity index (χ0) is 10.8. The number of nitrogens with zero attached hydrogens (tertiary/aromatic N) is 2. The Hall–Kier alpha value is -0.200. The molecule has 1 aliphatic heterocycles. The van der Waals surface area contributed by atoms with Crippen molar-refractivity contribution < 1.29 is 9.63 Å². The van der Waals surface area contributed by atoms with Crippen LogP contribution in [0.2, 0.25) is 0 Å². The Morgan fingerprint density at radius 2 is 2.20 bits per heavy atom. The number of hydrogen-bond acceptors (Lipinski definition) is 6. The maximum absolute atomic E-state index is 9.29. The molecule has 0 aromatic carbocycles. The molecule has 84 valence electrons. The van der Waals surface area contributed by atoms with Gasteiger partial charge in [-0.05, 0) is 6.92 Å². The van der Waals surface area contributed by atoms with Crippen molar-refractivity contribution in [2.24, 2.45) is 0 Å². The minimum absolute atomic E-state index is 0.292. The zero-order valence-electron chi connectivity index (χ0n) is 8.71. The molecule has 1 aromatic heterocycles. The zero-order valence-corrected chi connectivity index (χ0v) is 10.3. The minimum atomic E-state index is -0.678. The molecule has 0 aliphatic carbocycles. The van der Waals surface area contributed by atoms with Crippen molar-refractivity contribution >= 4 is 23.5 Å². The molecule has 0 saturated carbocycles. The molecule has 6 heteroatoms. The van der Waals surface area contributed by atoms with Gasteiger partial charge in [-0.15, -0.1) is 11.8 Å². The summed E-state index contributed by atoms with van der Waals surface area (Å²) in [5.74, 6) is 3.34. The van der Waals surface area contributed by atoms with Gasteiger partial charge in [0.25, 0.3) is 5.89 Å². The van der Waals surface area contributed by atoms with E-state index >= 15 is 0 Å². The Bertz CT molecular complexity index is 330. The van der Waals surface area contributed by atoms with Crippen LogP contribution in [-0.4, -0.2) is 32.0 Å². The van der Waals surface area contributed by atoms with Gasteiger partial charge in [-0.3, -0.25) is 0 Å². The number of rotatable bonds is 2. The SMILES string of the molecule is CC(O)c1nc(C2SCCSC2C)no1. The first-order chi connectivity index (χ1) is 7.18. The maximum atomic E-state index is 9.29. The Morgan fingerprint density at radius 3 is 2.80 bits per heavy atom. The van der Waals surface area contributed by atoms with Crippen LogP contribution in [0.15, 0.2) is 4.52 Å². The van der Waals surface area contributed by atoms with E-state index in [1.54, 1.807) is 6.92 Å². The van der Waals surface area contributed by atoms with Gasteiger partial charge < -0.3 is 9.63 Å². The third kappa shape index (κ3) is 2.49. The molecule has 1 saturated heterocycles. The lowest BCUT2D eigenvalue weighted by atomic mass is 10.3. The molecule has 3 unspecified atom stereocenters. The van der Waals surface area contributed by atoms with E-state index in [2.05, 4.69) is 17.1 Å². The highest BCUT2D eigenvalue weighted by Gasteiger charge is 2.28. The number of thioether (sulfide) groups is 2. The van der Waals surface area contributed by atoms with Crippen LogP contribution in [-0.2, 0) is 0 Å². The summed E-state index contributed by atoms with van der Waals surface area (Å²) < 4.78 is 4.99. The number of aromatic nitrogens is 2. The van der Waals surface area contributed by atoms with Crippen molar-refractivity contribution in [2.45, 2.75) is 30.5 Å². The fourth-order valence-corrected chi connectivity index (χ4v) is 4.13. The van der Waals surface area contributed by atoms with Gasteiger partial charge in [-0.2, -0.15) is 16.7 Å². The standard InChI is InChI=1S/C9H14N2O2S2/c1-5(12)9-10-8(11-13-9)7-6(2)14-3-4-15-7/h5-7,12H,3-4H2,1-2H3. The topological polar surface area (TPSA) is 59.2 Å². The van der Waals surface area contributed by atoms with Gasteiger partial charge in [0.2, 0.25) is 0 Å².